The SMILES string of the molecule is O=C(Nc1ccc2c(c1)OCO2)N1CCc2cnc(N3CCOCC3)nc2C1. The van der Waals surface area contributed by atoms with Gasteiger partial charge < -0.3 is 29.3 Å². The third-order valence-electron chi connectivity index (χ3n) is 5.14. The second-order valence-corrected chi connectivity index (χ2v) is 6.91. The maximum atomic E-state index is 12.7. The Labute approximate surface area is 162 Å². The van der Waals surface area contributed by atoms with Crippen molar-refractivity contribution >= 4 is 17.7 Å². The molecule has 5 rings (SSSR count). The molecule has 2 amide bonds. The Morgan fingerprint density at radius 2 is 1.96 bits per heavy atom. The maximum absolute atomic E-state index is 12.7. The van der Waals surface area contributed by atoms with Gasteiger partial charge in [0.15, 0.2) is 11.5 Å². The molecule has 1 saturated heterocycles. The Kier molecular flexibility index (Phi) is 4.36. The first-order valence-electron chi connectivity index (χ1n) is 9.39. The summed E-state index contributed by atoms with van der Waals surface area (Å²) in [7, 11) is 0. The van der Waals surface area contributed by atoms with Crippen LogP contribution >= 0.6 is 0 Å². The fourth-order valence-corrected chi connectivity index (χ4v) is 3.56. The Morgan fingerprint density at radius 1 is 1.11 bits per heavy atom. The van der Waals surface area contributed by atoms with Gasteiger partial charge in [-0.05, 0) is 24.1 Å². The first kappa shape index (κ1) is 17.1. The summed E-state index contributed by atoms with van der Waals surface area (Å²) in [5.74, 6) is 2.04. The summed E-state index contributed by atoms with van der Waals surface area (Å²) in [6, 6.07) is 5.22. The summed E-state index contributed by atoms with van der Waals surface area (Å²) in [6.07, 6.45) is 2.63. The second kappa shape index (κ2) is 7.16. The van der Waals surface area contributed by atoms with Gasteiger partial charge in [-0.3, -0.25) is 0 Å². The first-order chi connectivity index (χ1) is 13.8. The number of ether oxygens (including phenoxy) is 3. The predicted molar refractivity (Wildman–Crippen MR) is 101 cm³/mol. The number of hydrogen-bond acceptors (Lipinski definition) is 7. The molecule has 0 bridgehead atoms. The number of amides is 2. The van der Waals surface area contributed by atoms with E-state index in [0.29, 0.717) is 49.4 Å². The molecule has 0 radical (unpaired) electrons. The van der Waals surface area contributed by atoms with Crippen molar-refractivity contribution in [2.75, 3.05) is 49.9 Å². The number of hydrogen-bond donors (Lipinski definition) is 1. The number of benzene rings is 1. The van der Waals surface area contributed by atoms with Crippen molar-refractivity contribution in [2.24, 2.45) is 0 Å². The largest absolute Gasteiger partial charge is 0.454 e. The van der Waals surface area contributed by atoms with Crippen molar-refractivity contribution in [3.8, 4) is 11.5 Å². The quantitative estimate of drug-likeness (QED) is 0.843. The van der Waals surface area contributed by atoms with Gasteiger partial charge in [-0.1, -0.05) is 0 Å². The Bertz CT molecular complexity index is 900. The second-order valence-electron chi connectivity index (χ2n) is 6.91. The molecule has 1 aromatic heterocycles. The third kappa shape index (κ3) is 3.29. The number of nitrogens with one attached hydrogen (secondary N) is 1. The smallest absolute Gasteiger partial charge is 0.322 e. The molecular weight excluding hydrogens is 362 g/mol. The summed E-state index contributed by atoms with van der Waals surface area (Å²) < 4.78 is 16.1. The van der Waals surface area contributed by atoms with Gasteiger partial charge in [0.05, 0.1) is 25.5 Å². The minimum atomic E-state index is -0.156. The molecule has 3 aliphatic rings. The van der Waals surface area contributed by atoms with E-state index in [1.165, 1.54) is 0 Å². The number of anilines is 2. The molecule has 0 unspecified atom stereocenters. The summed E-state index contributed by atoms with van der Waals surface area (Å²) in [5.41, 5.74) is 2.68. The lowest BCUT2D eigenvalue weighted by atomic mass is 10.1. The molecule has 2 aromatic rings. The average molecular weight is 383 g/mol. The molecule has 0 atom stereocenters. The van der Waals surface area contributed by atoms with Gasteiger partial charge in [0.2, 0.25) is 12.7 Å². The number of carbonyl (C=O) groups excluding carboxylic acids is 1. The minimum absolute atomic E-state index is 0.156. The molecule has 9 heteroatoms. The zero-order valence-corrected chi connectivity index (χ0v) is 15.4. The van der Waals surface area contributed by atoms with Gasteiger partial charge >= 0.3 is 6.03 Å². The van der Waals surface area contributed by atoms with Crippen LogP contribution in [0.4, 0.5) is 16.4 Å². The van der Waals surface area contributed by atoms with Crippen molar-refractivity contribution in [3.63, 3.8) is 0 Å². The molecule has 28 heavy (non-hydrogen) atoms. The van der Waals surface area contributed by atoms with Crippen LogP contribution in [0, 0.1) is 0 Å². The highest BCUT2D eigenvalue weighted by molar-refractivity contribution is 5.90. The van der Waals surface area contributed by atoms with Crippen LogP contribution in [0.1, 0.15) is 11.3 Å². The molecule has 1 aromatic carbocycles. The van der Waals surface area contributed by atoms with Gasteiger partial charge in [-0.25, -0.2) is 14.8 Å². The van der Waals surface area contributed by atoms with Gasteiger partial charge in [0.25, 0.3) is 0 Å². The number of fused-ring (bicyclic) bond motifs is 2. The predicted octanol–water partition coefficient (Wildman–Crippen LogP) is 1.63. The molecule has 146 valence electrons. The zero-order valence-electron chi connectivity index (χ0n) is 15.4. The molecule has 0 saturated carbocycles. The summed E-state index contributed by atoms with van der Waals surface area (Å²) in [6.45, 7) is 4.24. The van der Waals surface area contributed by atoms with E-state index in [4.69, 9.17) is 19.2 Å². The minimum Gasteiger partial charge on any atom is -0.454 e. The highest BCUT2D eigenvalue weighted by Gasteiger charge is 2.24. The topological polar surface area (TPSA) is 89.1 Å². The summed E-state index contributed by atoms with van der Waals surface area (Å²) >= 11 is 0. The van der Waals surface area contributed by atoms with E-state index >= 15 is 0 Å². The van der Waals surface area contributed by atoms with Crippen LogP contribution in [-0.2, 0) is 17.7 Å². The molecule has 1 fully saturated rings. The number of morpholine rings is 1. The van der Waals surface area contributed by atoms with Gasteiger partial charge in [0, 0.05) is 37.6 Å². The van der Waals surface area contributed by atoms with E-state index in [1.54, 1.807) is 17.0 Å². The van der Waals surface area contributed by atoms with Crippen LogP contribution in [0.5, 0.6) is 11.5 Å². The highest BCUT2D eigenvalue weighted by Crippen LogP contribution is 2.34. The van der Waals surface area contributed by atoms with Crippen molar-refractivity contribution in [1.82, 2.24) is 14.9 Å². The summed E-state index contributed by atoms with van der Waals surface area (Å²) in [4.78, 5) is 25.8. The van der Waals surface area contributed by atoms with Crippen LogP contribution in [0.2, 0.25) is 0 Å². The molecule has 4 heterocycles. The monoisotopic (exact) mass is 383 g/mol. The van der Waals surface area contributed by atoms with Crippen molar-refractivity contribution in [1.29, 1.82) is 0 Å². The highest BCUT2D eigenvalue weighted by atomic mass is 16.7. The Hall–Kier alpha value is -3.07. The van der Waals surface area contributed by atoms with E-state index in [-0.39, 0.29) is 12.8 Å². The lowest BCUT2D eigenvalue weighted by Gasteiger charge is -2.30. The maximum Gasteiger partial charge on any atom is 0.322 e. The molecule has 1 N–H and O–H groups in total. The third-order valence-corrected chi connectivity index (χ3v) is 5.14. The van der Waals surface area contributed by atoms with E-state index in [9.17, 15) is 4.79 Å². The van der Waals surface area contributed by atoms with E-state index in [1.807, 2.05) is 12.3 Å². The van der Waals surface area contributed by atoms with E-state index in [2.05, 4.69) is 15.2 Å². The molecule has 9 nitrogen and oxygen atoms in total. The van der Waals surface area contributed by atoms with Gasteiger partial charge in [-0.15, -0.1) is 0 Å². The van der Waals surface area contributed by atoms with E-state index < -0.39 is 0 Å². The van der Waals surface area contributed by atoms with Gasteiger partial charge in [-0.2, -0.15) is 0 Å². The zero-order chi connectivity index (χ0) is 18.9. The number of rotatable bonds is 2. The normalized spacial score (nSPS) is 18.0. The Balaban J connectivity index is 1.28. The van der Waals surface area contributed by atoms with Crippen LogP contribution in [-0.4, -0.2) is 60.5 Å². The average Bonchev–Trinajstić information content (AvgIpc) is 3.21. The summed E-state index contributed by atoms with van der Waals surface area (Å²) in [5, 5.41) is 2.93. The van der Waals surface area contributed by atoms with Gasteiger partial charge in [0.1, 0.15) is 0 Å². The first-order valence-corrected chi connectivity index (χ1v) is 9.39. The molecule has 3 aliphatic heterocycles. The number of carbonyl (C=O) groups is 1. The number of aromatic nitrogens is 2. The molecule has 0 spiro atoms. The molecule has 0 aliphatic carbocycles. The van der Waals surface area contributed by atoms with Crippen molar-refractivity contribution < 1.29 is 19.0 Å². The van der Waals surface area contributed by atoms with Crippen LogP contribution < -0.4 is 19.7 Å². The lowest BCUT2D eigenvalue weighted by molar-refractivity contribution is 0.122. The van der Waals surface area contributed by atoms with Crippen LogP contribution in [0.15, 0.2) is 24.4 Å². The standard InChI is InChI=1S/C19H21N5O4/c25-19(21-14-1-2-16-17(9-14)28-12-27-16)24-4-3-13-10-20-18(22-15(13)11-24)23-5-7-26-8-6-23/h1-2,9-10H,3-8,11-12H2,(H,21,25). The lowest BCUT2D eigenvalue weighted by Crippen LogP contribution is -2.40. The Morgan fingerprint density at radius 3 is 2.86 bits per heavy atom. The van der Waals surface area contributed by atoms with Crippen LogP contribution in [0.25, 0.3) is 0 Å². The van der Waals surface area contributed by atoms with E-state index in [0.717, 1.165) is 30.8 Å². The van der Waals surface area contributed by atoms with Crippen molar-refractivity contribution in [3.05, 3.63) is 35.7 Å². The fraction of sp³-hybridized carbons (Fsp3) is 0.421. The number of nitrogens with zero attached hydrogens (tertiary/aromatic N) is 4. The number of urea groups is 1. The molecular formula is C19H21N5O4. The van der Waals surface area contributed by atoms with Crippen molar-refractivity contribution in [2.45, 2.75) is 13.0 Å². The fourth-order valence-electron chi connectivity index (χ4n) is 3.56. The van der Waals surface area contributed by atoms with Crippen LogP contribution in [0.3, 0.4) is 0 Å².